The van der Waals surface area contributed by atoms with E-state index < -0.39 is 5.97 Å². The van der Waals surface area contributed by atoms with E-state index in [4.69, 9.17) is 15.6 Å². The SMILES string of the molecule is COc1ccccc1-c1ccc(C(=O)O)c(N)c1. The summed E-state index contributed by atoms with van der Waals surface area (Å²) in [6, 6.07) is 12.4. The van der Waals surface area contributed by atoms with E-state index in [9.17, 15) is 4.79 Å². The lowest BCUT2D eigenvalue weighted by Gasteiger charge is -2.09. The Kier molecular flexibility index (Phi) is 3.19. The standard InChI is InChI=1S/C14H13NO3/c1-18-13-5-3-2-4-10(13)9-6-7-11(14(16)17)12(15)8-9/h2-8H,15H2,1H3,(H,16,17). The Morgan fingerprint density at radius 3 is 2.56 bits per heavy atom. The second-order valence-electron chi connectivity index (χ2n) is 3.81. The molecule has 0 fully saturated rings. The van der Waals surface area contributed by atoms with Gasteiger partial charge in [-0.25, -0.2) is 4.79 Å². The number of ether oxygens (including phenoxy) is 1. The highest BCUT2D eigenvalue weighted by molar-refractivity contribution is 5.95. The zero-order valence-electron chi connectivity index (χ0n) is 9.88. The van der Waals surface area contributed by atoms with Crippen LogP contribution < -0.4 is 10.5 Å². The number of nitrogen functional groups attached to an aromatic ring is 1. The van der Waals surface area contributed by atoms with Gasteiger partial charge in [0.05, 0.1) is 12.7 Å². The van der Waals surface area contributed by atoms with Crippen molar-refractivity contribution < 1.29 is 14.6 Å². The molecule has 92 valence electrons. The van der Waals surface area contributed by atoms with Crippen LogP contribution in [0.25, 0.3) is 11.1 Å². The minimum absolute atomic E-state index is 0.105. The fraction of sp³-hybridized carbons (Fsp3) is 0.0714. The van der Waals surface area contributed by atoms with Crippen LogP contribution in [0.1, 0.15) is 10.4 Å². The molecule has 0 heterocycles. The highest BCUT2D eigenvalue weighted by Gasteiger charge is 2.10. The Morgan fingerprint density at radius 2 is 1.94 bits per heavy atom. The Bertz CT molecular complexity index is 593. The van der Waals surface area contributed by atoms with Crippen LogP contribution in [0, 0.1) is 0 Å². The van der Waals surface area contributed by atoms with E-state index >= 15 is 0 Å². The van der Waals surface area contributed by atoms with E-state index in [1.54, 1.807) is 19.2 Å². The van der Waals surface area contributed by atoms with Crippen molar-refractivity contribution in [2.24, 2.45) is 0 Å². The molecule has 4 heteroatoms. The van der Waals surface area contributed by atoms with Gasteiger partial charge in [0.1, 0.15) is 5.75 Å². The van der Waals surface area contributed by atoms with E-state index in [0.29, 0.717) is 0 Å². The molecule has 2 aromatic rings. The lowest BCUT2D eigenvalue weighted by atomic mass is 10.0. The van der Waals surface area contributed by atoms with Gasteiger partial charge in [0.2, 0.25) is 0 Å². The molecular weight excluding hydrogens is 230 g/mol. The molecule has 0 aliphatic heterocycles. The number of carboxylic acid groups (broad SMARTS) is 1. The molecule has 0 atom stereocenters. The lowest BCUT2D eigenvalue weighted by Crippen LogP contribution is -2.02. The summed E-state index contributed by atoms with van der Waals surface area (Å²) in [5.41, 5.74) is 7.78. The number of anilines is 1. The molecule has 0 saturated carbocycles. The number of carbonyl (C=O) groups is 1. The third kappa shape index (κ3) is 2.13. The van der Waals surface area contributed by atoms with Crippen LogP contribution in [0.15, 0.2) is 42.5 Å². The van der Waals surface area contributed by atoms with E-state index in [-0.39, 0.29) is 11.3 Å². The van der Waals surface area contributed by atoms with Gasteiger partial charge >= 0.3 is 5.97 Å². The quantitative estimate of drug-likeness (QED) is 0.813. The van der Waals surface area contributed by atoms with Crippen LogP contribution in [0.3, 0.4) is 0 Å². The molecule has 0 aliphatic rings. The van der Waals surface area contributed by atoms with E-state index in [1.807, 2.05) is 24.3 Å². The first-order chi connectivity index (χ1) is 8.63. The number of nitrogens with two attached hydrogens (primary N) is 1. The lowest BCUT2D eigenvalue weighted by molar-refractivity contribution is 0.0698. The van der Waals surface area contributed by atoms with Crippen LogP contribution in [0.2, 0.25) is 0 Å². The van der Waals surface area contributed by atoms with Crippen LogP contribution >= 0.6 is 0 Å². The van der Waals surface area contributed by atoms with Crippen molar-refractivity contribution in [2.75, 3.05) is 12.8 Å². The summed E-state index contributed by atoms with van der Waals surface area (Å²) >= 11 is 0. The first kappa shape index (κ1) is 12.0. The van der Waals surface area contributed by atoms with Gasteiger partial charge in [-0.15, -0.1) is 0 Å². The summed E-state index contributed by atoms with van der Waals surface area (Å²) in [5, 5.41) is 8.92. The van der Waals surface area contributed by atoms with Gasteiger partial charge in [-0.3, -0.25) is 0 Å². The predicted molar refractivity (Wildman–Crippen MR) is 69.8 cm³/mol. The van der Waals surface area contributed by atoms with Gasteiger partial charge in [0, 0.05) is 11.3 Å². The van der Waals surface area contributed by atoms with E-state index in [0.717, 1.165) is 16.9 Å². The molecule has 4 nitrogen and oxygen atoms in total. The Labute approximate surface area is 105 Å². The number of methoxy groups -OCH3 is 1. The summed E-state index contributed by atoms with van der Waals surface area (Å²) in [6.07, 6.45) is 0. The van der Waals surface area contributed by atoms with Crippen molar-refractivity contribution in [3.8, 4) is 16.9 Å². The number of carboxylic acids is 1. The Morgan fingerprint density at radius 1 is 1.22 bits per heavy atom. The zero-order valence-corrected chi connectivity index (χ0v) is 9.88. The van der Waals surface area contributed by atoms with Crippen molar-refractivity contribution in [1.29, 1.82) is 0 Å². The topological polar surface area (TPSA) is 72.5 Å². The third-order valence-electron chi connectivity index (χ3n) is 2.70. The summed E-state index contributed by atoms with van der Waals surface area (Å²) in [5.74, 6) is -0.306. The van der Waals surface area contributed by atoms with E-state index in [2.05, 4.69) is 0 Å². The molecule has 0 amide bonds. The van der Waals surface area contributed by atoms with Crippen molar-refractivity contribution in [3.63, 3.8) is 0 Å². The van der Waals surface area contributed by atoms with Crippen molar-refractivity contribution in [1.82, 2.24) is 0 Å². The summed E-state index contributed by atoms with van der Waals surface area (Å²) in [7, 11) is 1.59. The van der Waals surface area contributed by atoms with Gasteiger partial charge in [0.25, 0.3) is 0 Å². The highest BCUT2D eigenvalue weighted by atomic mass is 16.5. The normalized spacial score (nSPS) is 10.1. The van der Waals surface area contributed by atoms with Crippen LogP contribution in [-0.4, -0.2) is 18.2 Å². The molecule has 0 aromatic heterocycles. The van der Waals surface area contributed by atoms with Crippen molar-refractivity contribution in [2.45, 2.75) is 0 Å². The number of hydrogen-bond donors (Lipinski definition) is 2. The van der Waals surface area contributed by atoms with Crippen molar-refractivity contribution >= 4 is 11.7 Å². The molecule has 0 saturated heterocycles. The van der Waals surface area contributed by atoms with Gasteiger partial charge in [-0.05, 0) is 23.8 Å². The minimum atomic E-state index is -1.03. The smallest absolute Gasteiger partial charge is 0.337 e. The molecule has 2 rings (SSSR count). The number of hydrogen-bond acceptors (Lipinski definition) is 3. The van der Waals surface area contributed by atoms with Crippen molar-refractivity contribution in [3.05, 3.63) is 48.0 Å². The fourth-order valence-corrected chi connectivity index (χ4v) is 1.81. The number of para-hydroxylation sites is 1. The molecule has 3 N–H and O–H groups in total. The molecule has 0 aliphatic carbocycles. The third-order valence-corrected chi connectivity index (χ3v) is 2.70. The largest absolute Gasteiger partial charge is 0.496 e. The monoisotopic (exact) mass is 243 g/mol. The average molecular weight is 243 g/mol. The summed E-state index contributed by atoms with van der Waals surface area (Å²) < 4.78 is 5.26. The molecule has 0 spiro atoms. The molecule has 0 bridgehead atoms. The molecule has 2 aromatic carbocycles. The van der Waals surface area contributed by atoms with Crippen LogP contribution in [0.4, 0.5) is 5.69 Å². The first-order valence-electron chi connectivity index (χ1n) is 5.39. The second-order valence-corrected chi connectivity index (χ2v) is 3.81. The highest BCUT2D eigenvalue weighted by Crippen LogP contribution is 2.31. The number of benzene rings is 2. The number of rotatable bonds is 3. The maximum Gasteiger partial charge on any atom is 0.337 e. The predicted octanol–water partition coefficient (Wildman–Crippen LogP) is 2.64. The van der Waals surface area contributed by atoms with Gasteiger partial charge in [0.15, 0.2) is 0 Å². The maximum absolute atomic E-state index is 10.9. The average Bonchev–Trinajstić information content (AvgIpc) is 2.38. The Balaban J connectivity index is 2.52. The van der Waals surface area contributed by atoms with E-state index in [1.165, 1.54) is 6.07 Å². The maximum atomic E-state index is 10.9. The van der Waals surface area contributed by atoms with Crippen LogP contribution in [0.5, 0.6) is 5.75 Å². The van der Waals surface area contributed by atoms with Gasteiger partial charge in [-0.1, -0.05) is 24.3 Å². The summed E-state index contributed by atoms with van der Waals surface area (Å²) in [6.45, 7) is 0. The molecule has 0 radical (unpaired) electrons. The second kappa shape index (κ2) is 4.79. The van der Waals surface area contributed by atoms with Gasteiger partial charge in [-0.2, -0.15) is 0 Å². The van der Waals surface area contributed by atoms with Crippen LogP contribution in [-0.2, 0) is 0 Å². The summed E-state index contributed by atoms with van der Waals surface area (Å²) in [4.78, 5) is 10.9. The number of aromatic carboxylic acids is 1. The van der Waals surface area contributed by atoms with Gasteiger partial charge < -0.3 is 15.6 Å². The molecular formula is C14H13NO3. The molecule has 0 unspecified atom stereocenters. The minimum Gasteiger partial charge on any atom is -0.496 e. The fourth-order valence-electron chi connectivity index (χ4n) is 1.81. The first-order valence-corrected chi connectivity index (χ1v) is 5.39. The molecule has 18 heavy (non-hydrogen) atoms. The zero-order chi connectivity index (χ0) is 13.1. The Hall–Kier alpha value is -2.49.